The third-order valence-corrected chi connectivity index (χ3v) is 5.16. The van der Waals surface area contributed by atoms with Crippen LogP contribution in [0.15, 0.2) is 48.5 Å². The second kappa shape index (κ2) is 6.25. The van der Waals surface area contributed by atoms with Gasteiger partial charge in [-0.25, -0.2) is 0 Å². The molecule has 0 radical (unpaired) electrons. The van der Waals surface area contributed by atoms with Gasteiger partial charge in [0.15, 0.2) is 0 Å². The molecule has 2 aromatic carbocycles. The fourth-order valence-corrected chi connectivity index (χ4v) is 3.94. The molecule has 1 unspecified atom stereocenters. The molecule has 1 fully saturated rings. The molecule has 0 spiro atoms. The Morgan fingerprint density at radius 2 is 1.96 bits per heavy atom. The molecule has 1 saturated heterocycles. The summed E-state index contributed by atoms with van der Waals surface area (Å²) in [7, 11) is 1.75. The first-order valence-electron chi connectivity index (χ1n) is 8.53. The first-order chi connectivity index (χ1) is 11.3. The molecule has 2 heterocycles. The average molecular weight is 308 g/mol. The lowest BCUT2D eigenvalue weighted by Gasteiger charge is -2.27. The monoisotopic (exact) mass is 308 g/mol. The van der Waals surface area contributed by atoms with Crippen LogP contribution in [0.2, 0.25) is 0 Å². The van der Waals surface area contributed by atoms with Crippen LogP contribution < -0.4 is 9.64 Å². The maximum atomic E-state index is 5.41. The van der Waals surface area contributed by atoms with Crippen molar-refractivity contribution in [3.05, 3.63) is 59.7 Å². The number of rotatable bonds is 4. The van der Waals surface area contributed by atoms with Crippen LogP contribution in [-0.4, -0.2) is 37.7 Å². The molecule has 120 valence electrons. The minimum Gasteiger partial charge on any atom is -0.497 e. The molecular weight excluding hydrogens is 284 g/mol. The summed E-state index contributed by atoms with van der Waals surface area (Å²) < 4.78 is 5.41. The first kappa shape index (κ1) is 14.6. The number of ether oxygens (including phenoxy) is 1. The number of fused-ring (bicyclic) bond motifs is 1. The second-order valence-corrected chi connectivity index (χ2v) is 6.60. The molecule has 2 aliphatic rings. The van der Waals surface area contributed by atoms with Gasteiger partial charge in [0.1, 0.15) is 5.75 Å². The number of nitrogens with zero attached hydrogens (tertiary/aromatic N) is 2. The van der Waals surface area contributed by atoms with E-state index in [2.05, 4.69) is 58.3 Å². The molecule has 0 amide bonds. The standard InChI is InChI=1S/C20H24N2O/c1-23-19-8-7-17-9-12-22(20(17)13-19)18-10-11-21(15-18)14-16-5-3-2-4-6-16/h2-8,13,18H,9-12,14-15H2,1H3. The van der Waals surface area contributed by atoms with Crippen molar-refractivity contribution in [1.82, 2.24) is 4.90 Å². The average Bonchev–Trinajstić information content (AvgIpc) is 3.21. The summed E-state index contributed by atoms with van der Waals surface area (Å²) >= 11 is 0. The number of benzene rings is 2. The first-order valence-corrected chi connectivity index (χ1v) is 8.53. The zero-order valence-corrected chi connectivity index (χ0v) is 13.7. The van der Waals surface area contributed by atoms with Crippen LogP contribution in [0.1, 0.15) is 17.5 Å². The maximum absolute atomic E-state index is 5.41. The van der Waals surface area contributed by atoms with Gasteiger partial charge in [-0.2, -0.15) is 0 Å². The van der Waals surface area contributed by atoms with Crippen molar-refractivity contribution in [3.63, 3.8) is 0 Å². The number of anilines is 1. The molecule has 3 nitrogen and oxygen atoms in total. The molecule has 0 aromatic heterocycles. The smallest absolute Gasteiger partial charge is 0.120 e. The van der Waals surface area contributed by atoms with Crippen LogP contribution in [0.3, 0.4) is 0 Å². The normalized spacial score (nSPS) is 20.7. The van der Waals surface area contributed by atoms with E-state index in [-0.39, 0.29) is 0 Å². The highest BCUT2D eigenvalue weighted by Crippen LogP contribution is 2.35. The summed E-state index contributed by atoms with van der Waals surface area (Å²) in [4.78, 5) is 5.18. The summed E-state index contributed by atoms with van der Waals surface area (Å²) in [6.45, 7) is 4.56. The van der Waals surface area contributed by atoms with Crippen LogP contribution in [0.4, 0.5) is 5.69 Å². The topological polar surface area (TPSA) is 15.7 Å². The molecule has 4 rings (SSSR count). The van der Waals surface area contributed by atoms with Gasteiger partial charge < -0.3 is 9.64 Å². The molecule has 0 N–H and O–H groups in total. The van der Waals surface area contributed by atoms with Crippen LogP contribution in [0.5, 0.6) is 5.75 Å². The predicted octanol–water partition coefficient (Wildman–Crippen LogP) is 3.33. The highest BCUT2D eigenvalue weighted by atomic mass is 16.5. The van der Waals surface area contributed by atoms with Gasteiger partial charge in [0, 0.05) is 44.0 Å². The quantitative estimate of drug-likeness (QED) is 0.861. The largest absolute Gasteiger partial charge is 0.497 e. The van der Waals surface area contributed by atoms with Gasteiger partial charge in [0.25, 0.3) is 0 Å². The summed E-state index contributed by atoms with van der Waals surface area (Å²) in [6, 6.07) is 18.0. The van der Waals surface area contributed by atoms with Gasteiger partial charge in [0.2, 0.25) is 0 Å². The lowest BCUT2D eigenvalue weighted by atomic mass is 10.1. The van der Waals surface area contributed by atoms with E-state index in [9.17, 15) is 0 Å². The zero-order valence-electron chi connectivity index (χ0n) is 13.7. The Hall–Kier alpha value is -2.00. The Morgan fingerprint density at radius 1 is 1.09 bits per heavy atom. The molecule has 2 aromatic rings. The van der Waals surface area contributed by atoms with Gasteiger partial charge in [0.05, 0.1) is 7.11 Å². The van der Waals surface area contributed by atoms with Gasteiger partial charge in [-0.15, -0.1) is 0 Å². The fraction of sp³-hybridized carbons (Fsp3) is 0.400. The van der Waals surface area contributed by atoms with E-state index in [0.29, 0.717) is 6.04 Å². The van der Waals surface area contributed by atoms with E-state index in [4.69, 9.17) is 4.74 Å². The summed E-state index contributed by atoms with van der Waals surface area (Å²) in [6.07, 6.45) is 2.41. The molecular formula is C20H24N2O. The minimum absolute atomic E-state index is 0.632. The minimum atomic E-state index is 0.632. The van der Waals surface area contributed by atoms with E-state index in [1.807, 2.05) is 0 Å². The molecule has 2 aliphatic heterocycles. The zero-order chi connectivity index (χ0) is 15.6. The van der Waals surface area contributed by atoms with Crippen LogP contribution >= 0.6 is 0 Å². The molecule has 0 saturated carbocycles. The third-order valence-electron chi connectivity index (χ3n) is 5.16. The Bertz CT molecular complexity index is 671. The molecule has 1 atom stereocenters. The predicted molar refractivity (Wildman–Crippen MR) is 94.2 cm³/mol. The lowest BCUT2D eigenvalue weighted by Crippen LogP contribution is -2.36. The fourth-order valence-electron chi connectivity index (χ4n) is 3.94. The van der Waals surface area contributed by atoms with Crippen LogP contribution in [-0.2, 0) is 13.0 Å². The molecule has 0 aliphatic carbocycles. The molecule has 3 heteroatoms. The van der Waals surface area contributed by atoms with Crippen molar-refractivity contribution in [1.29, 1.82) is 0 Å². The number of hydrogen-bond donors (Lipinski definition) is 0. The highest BCUT2D eigenvalue weighted by molar-refractivity contribution is 5.61. The highest BCUT2D eigenvalue weighted by Gasteiger charge is 2.31. The van der Waals surface area contributed by atoms with Gasteiger partial charge in [-0.3, -0.25) is 4.90 Å². The summed E-state index contributed by atoms with van der Waals surface area (Å²) in [5.74, 6) is 0.967. The maximum Gasteiger partial charge on any atom is 0.120 e. The van der Waals surface area contributed by atoms with Crippen molar-refractivity contribution in [3.8, 4) is 5.75 Å². The van der Waals surface area contributed by atoms with Gasteiger partial charge in [-0.1, -0.05) is 36.4 Å². The Morgan fingerprint density at radius 3 is 2.78 bits per heavy atom. The van der Waals surface area contributed by atoms with Gasteiger partial charge >= 0.3 is 0 Å². The van der Waals surface area contributed by atoms with Crippen molar-refractivity contribution < 1.29 is 4.74 Å². The number of methoxy groups -OCH3 is 1. The van der Waals surface area contributed by atoms with Crippen LogP contribution in [0.25, 0.3) is 0 Å². The van der Waals surface area contributed by atoms with Crippen molar-refractivity contribution in [2.45, 2.75) is 25.4 Å². The van der Waals surface area contributed by atoms with Crippen molar-refractivity contribution in [2.75, 3.05) is 31.6 Å². The van der Waals surface area contributed by atoms with Crippen molar-refractivity contribution in [2.24, 2.45) is 0 Å². The van der Waals surface area contributed by atoms with E-state index in [1.165, 1.54) is 29.8 Å². The second-order valence-electron chi connectivity index (χ2n) is 6.60. The number of likely N-dealkylation sites (tertiary alicyclic amines) is 1. The van der Waals surface area contributed by atoms with E-state index in [0.717, 1.165) is 31.8 Å². The van der Waals surface area contributed by atoms with E-state index < -0.39 is 0 Å². The number of hydrogen-bond acceptors (Lipinski definition) is 3. The Balaban J connectivity index is 1.45. The lowest BCUT2D eigenvalue weighted by molar-refractivity contribution is 0.325. The summed E-state index contributed by atoms with van der Waals surface area (Å²) in [5, 5.41) is 0. The Labute approximate surface area is 138 Å². The third kappa shape index (κ3) is 2.93. The SMILES string of the molecule is COc1ccc2c(c1)N(C1CCN(Cc3ccccc3)C1)CC2. The van der Waals surface area contributed by atoms with Gasteiger partial charge in [-0.05, 0) is 30.0 Å². The summed E-state index contributed by atoms with van der Waals surface area (Å²) in [5.41, 5.74) is 4.26. The Kier molecular flexibility index (Phi) is 3.96. The van der Waals surface area contributed by atoms with Crippen molar-refractivity contribution >= 4 is 5.69 Å². The van der Waals surface area contributed by atoms with E-state index >= 15 is 0 Å². The van der Waals surface area contributed by atoms with Crippen LogP contribution in [0, 0.1) is 0 Å². The van der Waals surface area contributed by atoms with E-state index in [1.54, 1.807) is 7.11 Å². The molecule has 23 heavy (non-hydrogen) atoms. The molecule has 0 bridgehead atoms.